The minimum atomic E-state index is -3.32. The molecule has 80 heavy (non-hydrogen) atoms. The van der Waals surface area contributed by atoms with E-state index >= 15 is 0 Å². The molecule has 9 aromatic heterocycles. The number of fused-ring (bicyclic) bond motifs is 6. The Balaban J connectivity index is 0.000000133. The summed E-state index contributed by atoms with van der Waals surface area (Å²) in [6, 6.07) is 29.2. The molecule has 9 heterocycles. The number of hydrogen-bond acceptors (Lipinski definition) is 12. The molecule has 0 fully saturated rings. The van der Waals surface area contributed by atoms with Gasteiger partial charge in [-0.25, -0.2) is 14.4 Å². The van der Waals surface area contributed by atoms with Gasteiger partial charge in [-0.3, -0.25) is 61.3 Å². The van der Waals surface area contributed by atoms with E-state index in [0.29, 0.717) is 65.1 Å². The number of benzene rings is 3. The Morgan fingerprint density at radius 2 is 0.850 bits per heavy atom. The molecule has 0 bridgehead atoms. The van der Waals surface area contributed by atoms with Crippen molar-refractivity contribution in [3.63, 3.8) is 0 Å². The van der Waals surface area contributed by atoms with Gasteiger partial charge < -0.3 is 15.0 Å². The van der Waals surface area contributed by atoms with E-state index < -0.39 is 15.8 Å². The minimum absolute atomic E-state index is 0.234. The smallest absolute Gasteiger partial charge is 0.331 e. The zero-order valence-corrected chi connectivity index (χ0v) is 45.2. The maximum atomic E-state index is 12.6. The monoisotopic (exact) mass is 1100 g/mol. The summed E-state index contributed by atoms with van der Waals surface area (Å²) in [6.45, 7) is 1.02. The van der Waals surface area contributed by atoms with Gasteiger partial charge in [-0.1, -0.05) is 54.6 Å². The molecule has 0 saturated heterocycles. The number of rotatable bonds is 13. The van der Waals surface area contributed by atoms with Crippen LogP contribution in [-0.4, -0.2) is 79.0 Å². The largest absolute Gasteiger partial charge is 0.361 e. The van der Waals surface area contributed by atoms with Crippen molar-refractivity contribution in [2.45, 2.75) is 51.6 Å². The van der Waals surface area contributed by atoms with Crippen LogP contribution in [0.15, 0.2) is 176 Å². The van der Waals surface area contributed by atoms with E-state index in [2.05, 4.69) is 53.1 Å². The Morgan fingerprint density at radius 3 is 1.26 bits per heavy atom. The average Bonchev–Trinajstić information content (AvgIpc) is 4.28. The Morgan fingerprint density at radius 1 is 0.475 bits per heavy atom. The number of H-pyrrole nitrogens is 4. The van der Waals surface area contributed by atoms with Gasteiger partial charge in [-0.15, -0.1) is 0 Å². The molecule has 4 N–H and O–H groups in total. The van der Waals surface area contributed by atoms with Gasteiger partial charge in [0, 0.05) is 104 Å². The van der Waals surface area contributed by atoms with Gasteiger partial charge in [-0.2, -0.15) is 8.42 Å². The van der Waals surface area contributed by atoms with Gasteiger partial charge in [0.2, 0.25) is 0 Å². The third-order valence-electron chi connectivity index (χ3n) is 13.8. The van der Waals surface area contributed by atoms with E-state index in [9.17, 15) is 37.2 Å². The lowest BCUT2D eigenvalue weighted by Gasteiger charge is -2.10. The van der Waals surface area contributed by atoms with Gasteiger partial charge in [0.15, 0.2) is 0 Å². The van der Waals surface area contributed by atoms with E-state index in [-0.39, 0.29) is 34.7 Å². The van der Waals surface area contributed by atoms with Crippen LogP contribution >= 0.6 is 0 Å². The molecule has 0 aliphatic carbocycles. The maximum absolute atomic E-state index is 12.6. The average molecular weight is 1100 g/mol. The first kappa shape index (κ1) is 55.2. The maximum Gasteiger partial charge on any atom is 0.331 e. The first-order chi connectivity index (χ1) is 38.6. The quantitative estimate of drug-likeness (QED) is 0.0752. The van der Waals surface area contributed by atoms with E-state index in [4.69, 9.17) is 4.18 Å². The second kappa shape index (κ2) is 24.4. The molecule has 3 aromatic carbocycles. The predicted molar refractivity (Wildman–Crippen MR) is 311 cm³/mol. The number of aromatic amines is 4. The molecule has 12 aromatic rings. The molecule has 0 saturated carbocycles. The van der Waals surface area contributed by atoms with Crippen molar-refractivity contribution in [2.24, 2.45) is 21.1 Å². The second-order valence-corrected chi connectivity index (χ2v) is 20.7. The van der Waals surface area contributed by atoms with Crippen LogP contribution in [-0.2, 0) is 67.8 Å². The van der Waals surface area contributed by atoms with Crippen LogP contribution in [0.4, 0.5) is 0 Å². The van der Waals surface area contributed by atoms with Gasteiger partial charge in [0.25, 0.3) is 26.8 Å². The molecule has 0 aliphatic heterocycles. The standard InChI is InChI=1S/2C19H18N4O2.C12H15NO3S.C8H7N3O2/c2*1-22-17-12-20-9-8-15(17)18(24)23(19(22)25)10-4-5-13-11-21-16-7-3-2-6-14(13)16;1-17(14,15)16-8-4-5-10-9-13-12-7-3-2-6-11(10)12;1-11-6-4-9-3-2-5(6)7(12)10-8(11)13/h2*2-3,6-9,11-12,21H,4-5,10H2,1H3;2-3,6-7,9,13H,4-5,8H2,1H3;2-4H,1H3,(H,10,12,13). The number of hydrogen-bond donors (Lipinski definition) is 4. The highest BCUT2D eigenvalue weighted by atomic mass is 32.2. The Hall–Kier alpha value is -9.54. The number of pyridine rings is 3. The van der Waals surface area contributed by atoms with Crippen molar-refractivity contribution in [1.29, 1.82) is 0 Å². The van der Waals surface area contributed by atoms with E-state index in [0.717, 1.165) is 42.1 Å². The number of aromatic nitrogens is 12. The molecular weight excluding hydrogens is 1040 g/mol. The van der Waals surface area contributed by atoms with Crippen LogP contribution in [0.2, 0.25) is 0 Å². The minimum Gasteiger partial charge on any atom is -0.361 e. The zero-order chi connectivity index (χ0) is 56.5. The van der Waals surface area contributed by atoms with Gasteiger partial charge >= 0.3 is 17.1 Å². The van der Waals surface area contributed by atoms with Crippen molar-refractivity contribution in [3.05, 3.63) is 226 Å². The Kier molecular flexibility index (Phi) is 16.9. The van der Waals surface area contributed by atoms with Gasteiger partial charge in [-0.05, 0) is 91.6 Å². The first-order valence-electron chi connectivity index (χ1n) is 25.7. The zero-order valence-electron chi connectivity index (χ0n) is 44.4. The molecule has 22 heteroatoms. The molecule has 0 radical (unpaired) electrons. The van der Waals surface area contributed by atoms with Crippen molar-refractivity contribution in [3.8, 4) is 0 Å². The molecule has 0 spiro atoms. The first-order valence-corrected chi connectivity index (χ1v) is 27.5. The second-order valence-electron chi connectivity index (χ2n) is 19.0. The van der Waals surface area contributed by atoms with E-state index in [1.807, 2.05) is 73.2 Å². The summed E-state index contributed by atoms with van der Waals surface area (Å²) < 4.78 is 33.2. The van der Waals surface area contributed by atoms with Gasteiger partial charge in [0.1, 0.15) is 0 Å². The third-order valence-corrected chi connectivity index (χ3v) is 14.4. The molecule has 0 aliphatic rings. The van der Waals surface area contributed by atoms with Crippen molar-refractivity contribution < 1.29 is 12.6 Å². The summed E-state index contributed by atoms with van der Waals surface area (Å²) in [5, 5.41) is 5.07. The molecule has 410 valence electrons. The van der Waals surface area contributed by atoms with Crippen LogP contribution in [0.25, 0.3) is 65.4 Å². The molecule has 21 nitrogen and oxygen atoms in total. The molecule has 12 rings (SSSR count). The summed E-state index contributed by atoms with van der Waals surface area (Å²) in [5.74, 6) is 0. The van der Waals surface area contributed by atoms with Crippen LogP contribution in [0.1, 0.15) is 36.0 Å². The summed E-state index contributed by atoms with van der Waals surface area (Å²) >= 11 is 0. The SMILES string of the molecule is CS(=O)(=O)OCCCc1c[nH]c2ccccc12.Cn1c(=O)[nH]c(=O)c2ccncc21.Cn1c(=O)n(CCCc2c[nH]c3ccccc23)c(=O)c2ccncc21.Cn1c(=O)n(CCCc2c[nH]c3ccccc23)c(=O)c2ccncc21. The lowest BCUT2D eigenvalue weighted by molar-refractivity contribution is 0.316. The third kappa shape index (κ3) is 12.3. The fourth-order valence-corrected chi connectivity index (χ4v) is 10.1. The lowest BCUT2D eigenvalue weighted by atomic mass is 10.1. The summed E-state index contributed by atoms with van der Waals surface area (Å²) in [7, 11) is 1.61. The number of nitrogens with one attached hydrogen (secondary N) is 4. The normalized spacial score (nSPS) is 11.4. The van der Waals surface area contributed by atoms with Crippen LogP contribution in [0.5, 0.6) is 0 Å². The fraction of sp³-hybridized carbons (Fsp3) is 0.224. The number of nitrogens with zero attached hydrogens (tertiary/aromatic N) is 8. The van der Waals surface area contributed by atoms with Crippen molar-refractivity contribution in [1.82, 2.24) is 57.7 Å². The molecule has 0 atom stereocenters. The fourth-order valence-electron chi connectivity index (χ4n) is 9.64. The lowest BCUT2D eigenvalue weighted by Crippen LogP contribution is -2.39. The molecular formula is C58H58N12O9S. The Bertz CT molecular complexity index is 4510. The molecule has 0 unspecified atom stereocenters. The van der Waals surface area contributed by atoms with Crippen LogP contribution in [0.3, 0.4) is 0 Å². The highest BCUT2D eigenvalue weighted by Gasteiger charge is 2.14. The topological polar surface area (TPSA) is 272 Å². The van der Waals surface area contributed by atoms with E-state index in [1.165, 1.54) is 68.1 Å². The number of aryl methyl sites for hydroxylation is 6. The summed E-state index contributed by atoms with van der Waals surface area (Å²) in [5.41, 5.74) is 6.65. The number of para-hydroxylation sites is 3. The van der Waals surface area contributed by atoms with Crippen LogP contribution < -0.4 is 33.7 Å². The summed E-state index contributed by atoms with van der Waals surface area (Å²) in [6.07, 6.45) is 20.8. The van der Waals surface area contributed by atoms with Crippen LogP contribution in [0, 0.1) is 0 Å². The predicted octanol–water partition coefficient (Wildman–Crippen LogP) is 6.12. The molecule has 0 amide bonds. The highest BCUT2D eigenvalue weighted by molar-refractivity contribution is 7.85. The Labute approximate surface area is 455 Å². The highest BCUT2D eigenvalue weighted by Crippen LogP contribution is 2.21. The van der Waals surface area contributed by atoms with E-state index in [1.54, 1.807) is 64.1 Å². The van der Waals surface area contributed by atoms with Crippen molar-refractivity contribution in [2.75, 3.05) is 12.9 Å². The van der Waals surface area contributed by atoms with Crippen molar-refractivity contribution >= 4 is 75.5 Å². The summed E-state index contributed by atoms with van der Waals surface area (Å²) in [4.78, 5) is 96.4. The van der Waals surface area contributed by atoms with Gasteiger partial charge in [0.05, 0.1) is 64.2 Å².